The molecule has 1 aliphatic heterocycles. The molecule has 3 heteroatoms. The van der Waals surface area contributed by atoms with Gasteiger partial charge in [0.2, 0.25) is 0 Å². The van der Waals surface area contributed by atoms with Gasteiger partial charge in [-0.3, -0.25) is 4.99 Å². The summed E-state index contributed by atoms with van der Waals surface area (Å²) >= 11 is 0. The van der Waals surface area contributed by atoms with Crippen molar-refractivity contribution in [1.82, 2.24) is 4.57 Å². The molecule has 0 amide bonds. The Morgan fingerprint density at radius 3 is 2.52 bits per heavy atom. The predicted octanol–water partition coefficient (Wildman–Crippen LogP) is 10.4. The number of para-hydroxylation sites is 1. The predicted molar refractivity (Wildman–Crippen MR) is 193 cm³/mol. The number of hydrogen-bond donors (Lipinski definition) is 1. The van der Waals surface area contributed by atoms with Gasteiger partial charge in [-0.2, -0.15) is 0 Å². The van der Waals surface area contributed by atoms with Crippen LogP contribution in [-0.2, 0) is 0 Å². The Hall–Kier alpha value is -5.63. The first-order valence-electron chi connectivity index (χ1n) is 16.3. The van der Waals surface area contributed by atoms with Crippen molar-refractivity contribution in [2.75, 3.05) is 5.32 Å². The minimum atomic E-state index is -0.145. The van der Waals surface area contributed by atoms with Crippen LogP contribution in [0.5, 0.6) is 0 Å². The lowest BCUT2D eigenvalue weighted by atomic mass is 9.70. The molecular formula is C43H31N3. The van der Waals surface area contributed by atoms with Crippen molar-refractivity contribution in [3.8, 4) is 5.69 Å². The largest absolute Gasteiger partial charge is 0.360 e. The summed E-state index contributed by atoms with van der Waals surface area (Å²) in [7, 11) is 0. The third-order valence-corrected chi connectivity index (χ3v) is 10.4. The van der Waals surface area contributed by atoms with Crippen LogP contribution in [0, 0.1) is 17.8 Å². The Kier molecular flexibility index (Phi) is 5.55. The number of benzene rings is 5. The van der Waals surface area contributed by atoms with Crippen LogP contribution in [0.15, 0.2) is 144 Å². The lowest BCUT2D eigenvalue weighted by Gasteiger charge is -2.37. The van der Waals surface area contributed by atoms with Crippen molar-refractivity contribution in [2.24, 2.45) is 22.7 Å². The average molecular weight is 590 g/mol. The van der Waals surface area contributed by atoms with Crippen molar-refractivity contribution >= 4 is 56.1 Å². The van der Waals surface area contributed by atoms with Gasteiger partial charge in [0, 0.05) is 45.1 Å². The number of nitrogens with one attached hydrogen (secondary N) is 1. The van der Waals surface area contributed by atoms with E-state index < -0.39 is 0 Å². The van der Waals surface area contributed by atoms with E-state index in [1.54, 1.807) is 0 Å². The second-order valence-electron chi connectivity index (χ2n) is 12.8. The van der Waals surface area contributed by atoms with Crippen LogP contribution in [0.2, 0.25) is 0 Å². The molecule has 218 valence electrons. The van der Waals surface area contributed by atoms with Crippen molar-refractivity contribution in [2.45, 2.75) is 12.6 Å². The van der Waals surface area contributed by atoms with Crippen molar-refractivity contribution in [3.05, 3.63) is 162 Å². The zero-order valence-electron chi connectivity index (χ0n) is 25.3. The van der Waals surface area contributed by atoms with E-state index in [-0.39, 0.29) is 6.17 Å². The van der Waals surface area contributed by atoms with Crippen LogP contribution in [0.4, 0.5) is 5.69 Å². The van der Waals surface area contributed by atoms with E-state index in [2.05, 4.69) is 161 Å². The number of hydrogen-bond acceptors (Lipinski definition) is 2. The fourth-order valence-corrected chi connectivity index (χ4v) is 8.24. The maximum Gasteiger partial charge on any atom is 0.145 e. The second kappa shape index (κ2) is 9.94. The minimum Gasteiger partial charge on any atom is -0.360 e. The molecule has 0 spiro atoms. The minimum absolute atomic E-state index is 0.145. The first kappa shape index (κ1) is 25.7. The van der Waals surface area contributed by atoms with Crippen LogP contribution in [-0.4, -0.2) is 10.3 Å². The Morgan fingerprint density at radius 2 is 1.57 bits per heavy atom. The van der Waals surface area contributed by atoms with Gasteiger partial charge >= 0.3 is 0 Å². The third-order valence-electron chi connectivity index (χ3n) is 10.4. The maximum absolute atomic E-state index is 5.47. The Labute approximate surface area is 267 Å². The van der Waals surface area contributed by atoms with Gasteiger partial charge in [0.1, 0.15) is 6.17 Å². The van der Waals surface area contributed by atoms with Gasteiger partial charge in [-0.05, 0) is 76.7 Å². The van der Waals surface area contributed by atoms with Gasteiger partial charge in [-0.15, -0.1) is 5.73 Å². The zero-order chi connectivity index (χ0) is 30.2. The molecule has 1 aromatic heterocycles. The van der Waals surface area contributed by atoms with E-state index in [1.807, 2.05) is 0 Å². The van der Waals surface area contributed by atoms with Gasteiger partial charge in [0.25, 0.3) is 0 Å². The zero-order valence-corrected chi connectivity index (χ0v) is 25.3. The standard InChI is InChI=1S/C43H31N3/c1-3-13-32-27(9-1)11-8-17-35(32)42-36-15-5-6-18-37(36)44-43(45-42)30-19-23-31(24-20-30)46-38-25-21-28-10-2-4-14-33(28)40(38)41-34-16-7-12-29(34)22-26-39(41)46/h1-6,8-16,18-27,32,35,43-44H,17H2. The summed E-state index contributed by atoms with van der Waals surface area (Å²) in [4.78, 5) is 5.47. The Morgan fingerprint density at radius 1 is 0.739 bits per heavy atom. The lowest BCUT2D eigenvalue weighted by molar-refractivity contribution is 0.419. The SMILES string of the molecule is C1=Cc2ccc3c(c2C=1)c1c2ccccc2ccc1n3-c1ccc(C2N=C(C3CC=CC4C=CC=CC43)c3ccccc3N2)cc1. The number of aromatic nitrogens is 1. The average Bonchev–Trinajstić information content (AvgIpc) is 3.74. The smallest absolute Gasteiger partial charge is 0.145 e. The fourth-order valence-electron chi connectivity index (χ4n) is 8.24. The number of aliphatic imine (C=N–C) groups is 1. The molecule has 0 saturated heterocycles. The normalized spacial score (nSPS) is 22.2. The van der Waals surface area contributed by atoms with Gasteiger partial charge in [0.15, 0.2) is 0 Å². The van der Waals surface area contributed by atoms with Crippen LogP contribution in [0.25, 0.3) is 50.4 Å². The second-order valence-corrected chi connectivity index (χ2v) is 12.8. The molecule has 4 unspecified atom stereocenters. The van der Waals surface area contributed by atoms with E-state index in [0.717, 1.165) is 23.4 Å². The Bertz CT molecular complexity index is 2420. The van der Waals surface area contributed by atoms with Crippen molar-refractivity contribution < 1.29 is 0 Å². The van der Waals surface area contributed by atoms with E-state index in [9.17, 15) is 0 Å². The van der Waals surface area contributed by atoms with Gasteiger partial charge < -0.3 is 9.88 Å². The monoisotopic (exact) mass is 589 g/mol. The number of nitrogens with zero attached hydrogens (tertiary/aromatic N) is 2. The van der Waals surface area contributed by atoms with Crippen LogP contribution < -0.4 is 5.32 Å². The maximum atomic E-state index is 5.47. The molecule has 2 heterocycles. The molecular weight excluding hydrogens is 558 g/mol. The number of anilines is 1. The van der Waals surface area contributed by atoms with Crippen molar-refractivity contribution in [1.29, 1.82) is 0 Å². The lowest BCUT2D eigenvalue weighted by Crippen LogP contribution is -2.33. The summed E-state index contributed by atoms with van der Waals surface area (Å²) < 4.78 is 2.42. The van der Waals surface area contributed by atoms with Gasteiger partial charge in [-0.1, -0.05) is 103 Å². The highest BCUT2D eigenvalue weighted by molar-refractivity contribution is 6.24. The molecule has 0 fully saturated rings. The van der Waals surface area contributed by atoms with E-state index in [1.165, 1.54) is 55.0 Å². The molecule has 3 aliphatic carbocycles. The molecule has 10 rings (SSSR count). The molecule has 4 atom stereocenters. The van der Waals surface area contributed by atoms with Crippen LogP contribution in [0.1, 0.15) is 34.8 Å². The molecule has 6 aromatic rings. The van der Waals surface area contributed by atoms with E-state index in [4.69, 9.17) is 4.99 Å². The molecule has 0 radical (unpaired) electrons. The molecule has 46 heavy (non-hydrogen) atoms. The molecule has 4 aliphatic rings. The topological polar surface area (TPSA) is 29.3 Å². The third kappa shape index (κ3) is 3.76. The summed E-state index contributed by atoms with van der Waals surface area (Å²) in [5.41, 5.74) is 14.2. The molecule has 3 nitrogen and oxygen atoms in total. The summed E-state index contributed by atoms with van der Waals surface area (Å²) in [6, 6.07) is 35.4. The summed E-state index contributed by atoms with van der Waals surface area (Å²) in [5.74, 6) is 1.21. The number of allylic oxidation sites excluding steroid dienone is 6. The van der Waals surface area contributed by atoms with Crippen LogP contribution in [0.3, 0.4) is 0 Å². The number of rotatable bonds is 3. The molecule has 1 N–H and O–H groups in total. The highest BCUT2D eigenvalue weighted by Gasteiger charge is 2.35. The van der Waals surface area contributed by atoms with Crippen molar-refractivity contribution in [3.63, 3.8) is 0 Å². The van der Waals surface area contributed by atoms with Gasteiger partial charge in [-0.25, -0.2) is 0 Å². The van der Waals surface area contributed by atoms with E-state index >= 15 is 0 Å². The fraction of sp³-hybridized carbons (Fsp3) is 0.116. The molecule has 0 bridgehead atoms. The Balaban J connectivity index is 1.10. The molecule has 5 aromatic carbocycles. The quantitative estimate of drug-likeness (QED) is 0.161. The van der Waals surface area contributed by atoms with Crippen LogP contribution >= 0.6 is 0 Å². The number of fused-ring (bicyclic) bond motifs is 9. The summed E-state index contributed by atoms with van der Waals surface area (Å²) in [5, 5.41) is 8.89. The first-order valence-corrected chi connectivity index (χ1v) is 16.3. The highest BCUT2D eigenvalue weighted by Crippen LogP contribution is 2.43. The first-order chi connectivity index (χ1) is 22.8. The molecule has 0 saturated carbocycles. The summed E-state index contributed by atoms with van der Waals surface area (Å²) in [6.45, 7) is 0. The van der Waals surface area contributed by atoms with Gasteiger partial charge in [0.05, 0.1) is 16.7 Å². The van der Waals surface area contributed by atoms with E-state index in [0.29, 0.717) is 17.8 Å². The summed E-state index contributed by atoms with van der Waals surface area (Å²) in [6.07, 6.45) is 18.9. The highest BCUT2D eigenvalue weighted by atomic mass is 15.1.